The Kier molecular flexibility index (Phi) is 4.72. The second-order valence-corrected chi connectivity index (χ2v) is 6.61. The molecule has 0 saturated carbocycles. The Labute approximate surface area is 162 Å². The molecule has 0 radical (unpaired) electrons. The number of rotatable bonds is 4. The van der Waals surface area contributed by atoms with Crippen LogP contribution in [0.2, 0.25) is 0 Å². The summed E-state index contributed by atoms with van der Waals surface area (Å²) in [5.74, 6) is -0.318. The number of hydrogen-bond acceptors (Lipinski definition) is 3. The number of nitrogens with one attached hydrogen (secondary N) is 1. The van der Waals surface area contributed by atoms with Crippen molar-refractivity contribution in [1.29, 1.82) is 0 Å². The molecule has 0 aliphatic rings. The van der Waals surface area contributed by atoms with Gasteiger partial charge in [0.15, 0.2) is 5.69 Å². The summed E-state index contributed by atoms with van der Waals surface area (Å²) in [4.78, 5) is 25.8. The van der Waals surface area contributed by atoms with E-state index in [2.05, 4.69) is 10.4 Å². The molecular formula is C23H19N3O2. The maximum Gasteiger partial charge on any atom is 0.279 e. The number of aromatic nitrogens is 2. The smallest absolute Gasteiger partial charge is 0.279 e. The van der Waals surface area contributed by atoms with E-state index in [0.717, 1.165) is 11.1 Å². The minimum absolute atomic E-state index is 0.228. The van der Waals surface area contributed by atoms with Gasteiger partial charge in [-0.15, -0.1) is 0 Å². The monoisotopic (exact) mass is 369 g/mol. The van der Waals surface area contributed by atoms with E-state index >= 15 is 0 Å². The normalized spacial score (nSPS) is 10.8. The molecular weight excluding hydrogens is 350 g/mol. The summed E-state index contributed by atoms with van der Waals surface area (Å²) in [6.07, 6.45) is 0. The highest BCUT2D eigenvalue weighted by atomic mass is 16.2. The number of nitrogens with zero attached hydrogens (tertiary/aromatic N) is 2. The van der Waals surface area contributed by atoms with E-state index < -0.39 is 0 Å². The van der Waals surface area contributed by atoms with Gasteiger partial charge in [0.2, 0.25) is 0 Å². The lowest BCUT2D eigenvalue weighted by molar-refractivity contribution is 0.0946. The molecule has 28 heavy (non-hydrogen) atoms. The van der Waals surface area contributed by atoms with Gasteiger partial charge in [-0.1, -0.05) is 66.2 Å². The quantitative estimate of drug-likeness (QED) is 0.597. The summed E-state index contributed by atoms with van der Waals surface area (Å²) < 4.78 is 1.28. The third-order valence-electron chi connectivity index (χ3n) is 4.59. The molecule has 1 amide bonds. The lowest BCUT2D eigenvalue weighted by atomic mass is 10.1. The molecule has 1 heterocycles. The molecule has 138 valence electrons. The Morgan fingerprint density at radius 3 is 2.25 bits per heavy atom. The van der Waals surface area contributed by atoms with Crippen molar-refractivity contribution < 1.29 is 4.79 Å². The topological polar surface area (TPSA) is 64.0 Å². The maximum atomic E-state index is 12.9. The van der Waals surface area contributed by atoms with Crippen LogP contribution in [-0.2, 0) is 6.54 Å². The summed E-state index contributed by atoms with van der Waals surface area (Å²) in [5, 5.41) is 8.30. The predicted molar refractivity (Wildman–Crippen MR) is 110 cm³/mol. The van der Waals surface area contributed by atoms with Crippen LogP contribution in [0.15, 0.2) is 83.7 Å². The molecule has 0 atom stereocenters. The average Bonchev–Trinajstić information content (AvgIpc) is 2.74. The van der Waals surface area contributed by atoms with E-state index in [9.17, 15) is 9.59 Å². The average molecular weight is 369 g/mol. The van der Waals surface area contributed by atoms with Crippen LogP contribution in [0.4, 0.5) is 0 Å². The molecule has 0 unspecified atom stereocenters. The van der Waals surface area contributed by atoms with Crippen LogP contribution in [0.3, 0.4) is 0 Å². The van der Waals surface area contributed by atoms with Gasteiger partial charge in [0.25, 0.3) is 11.5 Å². The lowest BCUT2D eigenvalue weighted by Gasteiger charge is -2.11. The minimum atomic E-state index is -0.318. The molecule has 3 aromatic carbocycles. The van der Waals surface area contributed by atoms with E-state index in [1.54, 1.807) is 36.4 Å². The number of para-hydroxylation sites is 1. The lowest BCUT2D eigenvalue weighted by Crippen LogP contribution is -2.29. The van der Waals surface area contributed by atoms with Gasteiger partial charge >= 0.3 is 0 Å². The van der Waals surface area contributed by atoms with Crippen molar-refractivity contribution in [2.75, 3.05) is 0 Å². The summed E-state index contributed by atoms with van der Waals surface area (Å²) in [5.41, 5.74) is 2.76. The van der Waals surface area contributed by atoms with E-state index in [4.69, 9.17) is 0 Å². The molecule has 5 nitrogen and oxygen atoms in total. The number of carbonyl (C=O) groups excluding carboxylic acids is 1. The van der Waals surface area contributed by atoms with Gasteiger partial charge in [0.1, 0.15) is 0 Å². The van der Waals surface area contributed by atoms with E-state index in [1.807, 2.05) is 49.4 Å². The third-order valence-corrected chi connectivity index (χ3v) is 4.59. The number of carbonyl (C=O) groups is 1. The standard InChI is InChI=1S/C23H19N3O2/c1-16-11-13-17(14-12-16)15-24-22(27)21-19-9-5-6-10-20(19)23(28)26(25-21)18-7-3-2-4-8-18/h2-14H,15H2,1H3,(H,24,27). The van der Waals surface area contributed by atoms with Crippen LogP contribution in [0, 0.1) is 6.92 Å². The predicted octanol–water partition coefficient (Wildman–Crippen LogP) is 3.62. The molecule has 0 spiro atoms. The zero-order valence-electron chi connectivity index (χ0n) is 15.4. The fourth-order valence-electron chi connectivity index (χ4n) is 3.07. The van der Waals surface area contributed by atoms with Crippen LogP contribution in [0.1, 0.15) is 21.6 Å². The molecule has 4 aromatic rings. The highest BCUT2D eigenvalue weighted by Gasteiger charge is 2.17. The van der Waals surface area contributed by atoms with Gasteiger partial charge in [0, 0.05) is 11.9 Å². The third kappa shape index (κ3) is 3.42. The van der Waals surface area contributed by atoms with Gasteiger partial charge in [-0.05, 0) is 30.7 Å². The number of aryl methyl sites for hydroxylation is 1. The van der Waals surface area contributed by atoms with E-state index in [1.165, 1.54) is 4.68 Å². The molecule has 0 saturated heterocycles. The molecule has 5 heteroatoms. The van der Waals surface area contributed by atoms with Gasteiger partial charge in [-0.3, -0.25) is 9.59 Å². The van der Waals surface area contributed by atoms with Crippen molar-refractivity contribution >= 4 is 16.7 Å². The van der Waals surface area contributed by atoms with Crippen molar-refractivity contribution in [3.05, 3.63) is 106 Å². The first-order valence-corrected chi connectivity index (χ1v) is 9.05. The minimum Gasteiger partial charge on any atom is -0.347 e. The summed E-state index contributed by atoms with van der Waals surface area (Å²) in [6, 6.07) is 24.1. The van der Waals surface area contributed by atoms with Gasteiger partial charge in [-0.25, -0.2) is 0 Å². The van der Waals surface area contributed by atoms with Gasteiger partial charge in [-0.2, -0.15) is 9.78 Å². The summed E-state index contributed by atoms with van der Waals surface area (Å²) >= 11 is 0. The van der Waals surface area contributed by atoms with Gasteiger partial charge in [0.05, 0.1) is 11.1 Å². The Morgan fingerprint density at radius 2 is 1.54 bits per heavy atom. The molecule has 0 bridgehead atoms. The molecule has 0 aliphatic heterocycles. The number of fused-ring (bicyclic) bond motifs is 1. The number of hydrogen-bond donors (Lipinski definition) is 1. The molecule has 0 aliphatic carbocycles. The fraction of sp³-hybridized carbons (Fsp3) is 0.0870. The maximum absolute atomic E-state index is 12.9. The van der Waals surface area contributed by atoms with E-state index in [0.29, 0.717) is 23.0 Å². The molecule has 0 fully saturated rings. The van der Waals surface area contributed by atoms with Crippen molar-refractivity contribution in [2.45, 2.75) is 13.5 Å². The first-order valence-electron chi connectivity index (χ1n) is 9.05. The van der Waals surface area contributed by atoms with Crippen molar-refractivity contribution in [2.24, 2.45) is 0 Å². The van der Waals surface area contributed by atoms with Crippen molar-refractivity contribution in [3.63, 3.8) is 0 Å². The second kappa shape index (κ2) is 7.48. The Bertz CT molecular complexity index is 1200. The molecule has 1 N–H and O–H groups in total. The van der Waals surface area contributed by atoms with Crippen LogP contribution in [-0.4, -0.2) is 15.7 Å². The van der Waals surface area contributed by atoms with E-state index in [-0.39, 0.29) is 17.2 Å². The zero-order chi connectivity index (χ0) is 19.5. The highest BCUT2D eigenvalue weighted by Crippen LogP contribution is 2.15. The van der Waals surface area contributed by atoms with Crippen LogP contribution < -0.4 is 10.9 Å². The Balaban J connectivity index is 1.75. The Morgan fingerprint density at radius 1 is 0.893 bits per heavy atom. The number of amides is 1. The Hall–Kier alpha value is -3.73. The van der Waals surface area contributed by atoms with Crippen LogP contribution in [0.25, 0.3) is 16.5 Å². The summed E-state index contributed by atoms with van der Waals surface area (Å²) in [6.45, 7) is 2.41. The first-order chi connectivity index (χ1) is 13.6. The zero-order valence-corrected chi connectivity index (χ0v) is 15.4. The van der Waals surface area contributed by atoms with Crippen molar-refractivity contribution in [3.8, 4) is 5.69 Å². The molecule has 1 aromatic heterocycles. The number of benzene rings is 3. The fourth-order valence-corrected chi connectivity index (χ4v) is 3.07. The van der Waals surface area contributed by atoms with Crippen LogP contribution >= 0.6 is 0 Å². The molecule has 4 rings (SSSR count). The largest absolute Gasteiger partial charge is 0.347 e. The highest BCUT2D eigenvalue weighted by molar-refractivity contribution is 6.04. The second-order valence-electron chi connectivity index (χ2n) is 6.61. The SMILES string of the molecule is Cc1ccc(CNC(=O)c2nn(-c3ccccc3)c(=O)c3ccccc23)cc1. The first kappa shape index (κ1) is 17.7. The van der Waals surface area contributed by atoms with Gasteiger partial charge < -0.3 is 5.32 Å². The van der Waals surface area contributed by atoms with Crippen molar-refractivity contribution in [1.82, 2.24) is 15.1 Å². The van der Waals surface area contributed by atoms with Crippen LogP contribution in [0.5, 0.6) is 0 Å². The summed E-state index contributed by atoms with van der Waals surface area (Å²) in [7, 11) is 0.